The molecule has 3 atom stereocenters. The number of amides is 2. The Morgan fingerprint density at radius 2 is 2.19 bits per heavy atom. The lowest BCUT2D eigenvalue weighted by Crippen LogP contribution is -2.49. The van der Waals surface area contributed by atoms with E-state index in [-0.39, 0.29) is 23.8 Å². The number of aromatic nitrogens is 1. The van der Waals surface area contributed by atoms with Crippen LogP contribution in [-0.4, -0.2) is 33.8 Å². The summed E-state index contributed by atoms with van der Waals surface area (Å²) in [5.74, 6) is 0.0657. The number of pyridine rings is 1. The normalized spacial score (nSPS) is 24.4. The Bertz CT molecular complexity index is 504. The maximum absolute atomic E-state index is 12.8. The molecule has 5 nitrogen and oxygen atoms in total. The maximum Gasteiger partial charge on any atom is 0.246 e. The number of carbonyl (C=O) groups excluding carboxylic acids is 2. The summed E-state index contributed by atoms with van der Waals surface area (Å²) in [6, 6.07) is 5.11. The first kappa shape index (κ1) is 15.5. The molecule has 2 heterocycles. The second-order valence-electron chi connectivity index (χ2n) is 5.77. The summed E-state index contributed by atoms with van der Waals surface area (Å²) in [4.78, 5) is 30.8. The van der Waals surface area contributed by atoms with E-state index < -0.39 is 6.04 Å². The third-order valence-corrected chi connectivity index (χ3v) is 4.15. The Morgan fingerprint density at radius 3 is 2.81 bits per heavy atom. The van der Waals surface area contributed by atoms with Crippen LogP contribution in [-0.2, 0) is 16.1 Å². The van der Waals surface area contributed by atoms with Crippen LogP contribution in [0.1, 0.15) is 39.3 Å². The standard InChI is InChI=1S/C16H23N3O2/c1-4-11(2)15-16(21)19(12(3)9-14(20)18-15)10-13-7-5-6-8-17-13/h5-8,11-12,15H,4,9-10H2,1-3H3,(H,18,20). The van der Waals surface area contributed by atoms with Crippen LogP contribution in [0.2, 0.25) is 0 Å². The third kappa shape index (κ3) is 3.60. The van der Waals surface area contributed by atoms with E-state index in [2.05, 4.69) is 10.3 Å². The van der Waals surface area contributed by atoms with Crippen LogP contribution in [0.15, 0.2) is 24.4 Å². The highest BCUT2D eigenvalue weighted by molar-refractivity contribution is 5.90. The molecule has 1 aliphatic rings. The van der Waals surface area contributed by atoms with Gasteiger partial charge in [0.2, 0.25) is 11.8 Å². The van der Waals surface area contributed by atoms with Crippen molar-refractivity contribution in [3.8, 4) is 0 Å². The first-order chi connectivity index (χ1) is 10.0. The number of rotatable bonds is 4. The number of nitrogens with zero attached hydrogens (tertiary/aromatic N) is 2. The van der Waals surface area contributed by atoms with E-state index in [0.29, 0.717) is 13.0 Å². The molecule has 0 spiro atoms. The van der Waals surface area contributed by atoms with Gasteiger partial charge in [0.25, 0.3) is 0 Å². The lowest BCUT2D eigenvalue weighted by molar-refractivity contribution is -0.136. The summed E-state index contributed by atoms with van der Waals surface area (Å²) < 4.78 is 0. The molecule has 5 heteroatoms. The average molecular weight is 289 g/mol. The van der Waals surface area contributed by atoms with E-state index in [4.69, 9.17) is 0 Å². The molecule has 0 aliphatic carbocycles. The number of hydrogen-bond donors (Lipinski definition) is 1. The van der Waals surface area contributed by atoms with E-state index in [1.54, 1.807) is 11.1 Å². The molecule has 21 heavy (non-hydrogen) atoms. The second-order valence-corrected chi connectivity index (χ2v) is 5.77. The molecule has 1 aromatic heterocycles. The highest BCUT2D eigenvalue weighted by Gasteiger charge is 2.36. The van der Waals surface area contributed by atoms with E-state index >= 15 is 0 Å². The smallest absolute Gasteiger partial charge is 0.246 e. The van der Waals surface area contributed by atoms with Gasteiger partial charge in [-0.05, 0) is 25.0 Å². The number of nitrogens with one attached hydrogen (secondary N) is 1. The maximum atomic E-state index is 12.8. The fourth-order valence-electron chi connectivity index (χ4n) is 2.59. The predicted octanol–water partition coefficient (Wildman–Crippen LogP) is 1.73. The molecule has 0 saturated carbocycles. The Hall–Kier alpha value is -1.91. The molecule has 1 N–H and O–H groups in total. The molecule has 2 amide bonds. The van der Waals surface area contributed by atoms with Crippen LogP contribution in [0.3, 0.4) is 0 Å². The zero-order valence-electron chi connectivity index (χ0n) is 12.9. The van der Waals surface area contributed by atoms with Crippen LogP contribution in [0.25, 0.3) is 0 Å². The van der Waals surface area contributed by atoms with Gasteiger partial charge in [-0.15, -0.1) is 0 Å². The van der Waals surface area contributed by atoms with Gasteiger partial charge in [0, 0.05) is 18.7 Å². The van der Waals surface area contributed by atoms with Crippen molar-refractivity contribution in [2.75, 3.05) is 0 Å². The first-order valence-corrected chi connectivity index (χ1v) is 7.52. The van der Waals surface area contributed by atoms with Gasteiger partial charge in [0.05, 0.1) is 12.2 Å². The van der Waals surface area contributed by atoms with E-state index in [9.17, 15) is 9.59 Å². The second kappa shape index (κ2) is 6.70. The topological polar surface area (TPSA) is 62.3 Å². The van der Waals surface area contributed by atoms with Crippen LogP contribution in [0, 0.1) is 5.92 Å². The summed E-state index contributed by atoms with van der Waals surface area (Å²) in [7, 11) is 0. The molecular formula is C16H23N3O2. The monoisotopic (exact) mass is 289 g/mol. The summed E-state index contributed by atoms with van der Waals surface area (Å²) in [6.45, 7) is 6.39. The quantitative estimate of drug-likeness (QED) is 0.918. The number of carbonyl (C=O) groups is 2. The van der Waals surface area contributed by atoms with Crippen molar-refractivity contribution < 1.29 is 9.59 Å². The molecule has 114 valence electrons. The summed E-state index contributed by atoms with van der Waals surface area (Å²) in [6.07, 6.45) is 2.91. The Balaban J connectivity index is 2.24. The largest absolute Gasteiger partial charge is 0.344 e. The molecule has 1 aromatic rings. The van der Waals surface area contributed by atoms with Crippen LogP contribution < -0.4 is 5.32 Å². The van der Waals surface area contributed by atoms with Crippen LogP contribution in [0.4, 0.5) is 0 Å². The highest BCUT2D eigenvalue weighted by atomic mass is 16.2. The molecule has 0 radical (unpaired) electrons. The predicted molar refractivity (Wildman–Crippen MR) is 80.3 cm³/mol. The van der Waals surface area contributed by atoms with Gasteiger partial charge in [0.15, 0.2) is 0 Å². The lowest BCUT2D eigenvalue weighted by Gasteiger charge is -2.30. The van der Waals surface area contributed by atoms with Crippen LogP contribution >= 0.6 is 0 Å². The molecular weight excluding hydrogens is 266 g/mol. The SMILES string of the molecule is CCC(C)C1NC(=O)CC(C)N(Cc2ccccn2)C1=O. The Kier molecular flexibility index (Phi) is 4.94. The minimum atomic E-state index is -0.434. The van der Waals surface area contributed by atoms with Gasteiger partial charge in [-0.2, -0.15) is 0 Å². The summed E-state index contributed by atoms with van der Waals surface area (Å²) >= 11 is 0. The zero-order valence-corrected chi connectivity index (χ0v) is 12.9. The summed E-state index contributed by atoms with van der Waals surface area (Å²) in [5.41, 5.74) is 0.843. The molecule has 1 fully saturated rings. The third-order valence-electron chi connectivity index (χ3n) is 4.15. The van der Waals surface area contributed by atoms with Crippen molar-refractivity contribution >= 4 is 11.8 Å². The fraction of sp³-hybridized carbons (Fsp3) is 0.562. The van der Waals surface area contributed by atoms with E-state index in [0.717, 1.165) is 12.1 Å². The number of hydrogen-bond acceptors (Lipinski definition) is 3. The van der Waals surface area contributed by atoms with Crippen LogP contribution in [0.5, 0.6) is 0 Å². The minimum Gasteiger partial charge on any atom is -0.344 e. The van der Waals surface area contributed by atoms with Crippen molar-refractivity contribution in [1.29, 1.82) is 0 Å². The average Bonchev–Trinajstić information content (AvgIpc) is 2.58. The van der Waals surface area contributed by atoms with Crippen molar-refractivity contribution in [3.05, 3.63) is 30.1 Å². The molecule has 1 saturated heterocycles. The Morgan fingerprint density at radius 1 is 1.43 bits per heavy atom. The van der Waals surface area contributed by atoms with Crippen molar-refractivity contribution in [3.63, 3.8) is 0 Å². The van der Waals surface area contributed by atoms with Gasteiger partial charge in [-0.25, -0.2) is 0 Å². The van der Waals surface area contributed by atoms with Gasteiger partial charge in [-0.1, -0.05) is 26.3 Å². The van der Waals surface area contributed by atoms with Gasteiger partial charge < -0.3 is 10.2 Å². The van der Waals surface area contributed by atoms with Gasteiger partial charge in [0.1, 0.15) is 6.04 Å². The molecule has 3 unspecified atom stereocenters. The van der Waals surface area contributed by atoms with Crippen molar-refractivity contribution in [2.45, 2.75) is 52.2 Å². The minimum absolute atomic E-state index is 0.00615. The Labute approximate surface area is 125 Å². The highest BCUT2D eigenvalue weighted by Crippen LogP contribution is 2.19. The van der Waals surface area contributed by atoms with Gasteiger partial charge >= 0.3 is 0 Å². The van der Waals surface area contributed by atoms with Crippen molar-refractivity contribution in [2.24, 2.45) is 5.92 Å². The van der Waals surface area contributed by atoms with E-state index in [1.165, 1.54) is 0 Å². The van der Waals surface area contributed by atoms with E-state index in [1.807, 2.05) is 39.0 Å². The summed E-state index contributed by atoms with van der Waals surface area (Å²) in [5, 5.41) is 2.87. The first-order valence-electron chi connectivity index (χ1n) is 7.52. The fourth-order valence-corrected chi connectivity index (χ4v) is 2.59. The molecule has 2 rings (SSSR count). The molecule has 0 bridgehead atoms. The molecule has 1 aliphatic heterocycles. The lowest BCUT2D eigenvalue weighted by atomic mass is 9.98. The van der Waals surface area contributed by atoms with Crippen molar-refractivity contribution in [1.82, 2.24) is 15.2 Å². The van der Waals surface area contributed by atoms with Gasteiger partial charge in [-0.3, -0.25) is 14.6 Å². The molecule has 0 aromatic carbocycles. The zero-order chi connectivity index (χ0) is 15.4.